The van der Waals surface area contributed by atoms with E-state index in [9.17, 15) is 13.6 Å². The van der Waals surface area contributed by atoms with E-state index in [0.717, 1.165) is 31.5 Å². The number of benzene rings is 1. The van der Waals surface area contributed by atoms with Crippen LogP contribution in [-0.4, -0.2) is 31.6 Å². The third-order valence-electron chi connectivity index (χ3n) is 3.44. The molecule has 1 aromatic carbocycles. The Labute approximate surface area is 135 Å². The van der Waals surface area contributed by atoms with Crippen LogP contribution in [0.1, 0.15) is 19.8 Å². The van der Waals surface area contributed by atoms with Gasteiger partial charge in [-0.25, -0.2) is 8.78 Å². The maximum absolute atomic E-state index is 13.4. The van der Waals surface area contributed by atoms with Crippen molar-refractivity contribution in [3.05, 3.63) is 29.8 Å². The van der Waals surface area contributed by atoms with Crippen molar-refractivity contribution in [2.75, 3.05) is 19.7 Å². The van der Waals surface area contributed by atoms with Crippen LogP contribution in [-0.2, 0) is 4.79 Å². The normalized spacial score (nSPS) is 19.0. The van der Waals surface area contributed by atoms with Gasteiger partial charge in [0.15, 0.2) is 11.6 Å². The van der Waals surface area contributed by atoms with Crippen LogP contribution < -0.4 is 15.4 Å². The summed E-state index contributed by atoms with van der Waals surface area (Å²) in [5.41, 5.74) is 0. The lowest BCUT2D eigenvalue weighted by Gasteiger charge is -2.24. The number of carbonyl (C=O) groups is 1. The van der Waals surface area contributed by atoms with Gasteiger partial charge in [-0.1, -0.05) is 0 Å². The van der Waals surface area contributed by atoms with Crippen LogP contribution in [0.2, 0.25) is 0 Å². The first-order valence-corrected chi connectivity index (χ1v) is 7.15. The van der Waals surface area contributed by atoms with Crippen LogP contribution in [0.25, 0.3) is 0 Å². The standard InChI is InChI=1S/C15H20F2N2O2.ClH/c1-10(19-15(20)11-3-2-6-18-8-11)9-21-14-5-4-12(16)7-13(14)17;/h4-5,7,10-11,18H,2-3,6,8-9H2,1H3,(H,19,20);1H. The van der Waals surface area contributed by atoms with Crippen molar-refractivity contribution in [1.82, 2.24) is 10.6 Å². The highest BCUT2D eigenvalue weighted by molar-refractivity contribution is 5.85. The zero-order valence-electron chi connectivity index (χ0n) is 12.4. The SMILES string of the molecule is CC(COc1ccc(F)cc1F)NC(=O)C1CCCNC1.Cl. The number of hydrogen-bond acceptors (Lipinski definition) is 3. The van der Waals surface area contributed by atoms with Crippen LogP contribution in [0.15, 0.2) is 18.2 Å². The molecule has 1 fully saturated rings. The fraction of sp³-hybridized carbons (Fsp3) is 0.533. The number of ether oxygens (including phenoxy) is 1. The summed E-state index contributed by atoms with van der Waals surface area (Å²) < 4.78 is 31.4. The molecule has 124 valence electrons. The number of halogens is 3. The number of carbonyl (C=O) groups excluding carboxylic acids is 1. The van der Waals surface area contributed by atoms with Gasteiger partial charge in [0.1, 0.15) is 12.4 Å². The van der Waals surface area contributed by atoms with Crippen molar-refractivity contribution in [1.29, 1.82) is 0 Å². The molecule has 0 aliphatic carbocycles. The molecule has 1 heterocycles. The number of amides is 1. The van der Waals surface area contributed by atoms with Gasteiger partial charge < -0.3 is 15.4 Å². The Morgan fingerprint density at radius 1 is 1.50 bits per heavy atom. The lowest BCUT2D eigenvalue weighted by atomic mass is 9.98. The van der Waals surface area contributed by atoms with Crippen LogP contribution in [0.3, 0.4) is 0 Å². The van der Waals surface area contributed by atoms with Crippen LogP contribution in [0.5, 0.6) is 5.75 Å². The van der Waals surface area contributed by atoms with E-state index in [1.807, 2.05) is 0 Å². The molecule has 0 radical (unpaired) electrons. The van der Waals surface area contributed by atoms with Gasteiger partial charge in [-0.15, -0.1) is 12.4 Å². The third kappa shape index (κ3) is 5.42. The number of nitrogens with one attached hydrogen (secondary N) is 2. The topological polar surface area (TPSA) is 50.4 Å². The highest BCUT2D eigenvalue weighted by Gasteiger charge is 2.22. The summed E-state index contributed by atoms with van der Waals surface area (Å²) in [6, 6.07) is 2.90. The zero-order chi connectivity index (χ0) is 15.2. The molecule has 1 amide bonds. The first-order valence-electron chi connectivity index (χ1n) is 7.15. The third-order valence-corrected chi connectivity index (χ3v) is 3.44. The quantitative estimate of drug-likeness (QED) is 0.868. The molecule has 7 heteroatoms. The Balaban J connectivity index is 0.00000242. The molecular formula is C15H21ClF2N2O2. The van der Waals surface area contributed by atoms with Crippen LogP contribution >= 0.6 is 12.4 Å². The zero-order valence-corrected chi connectivity index (χ0v) is 13.2. The summed E-state index contributed by atoms with van der Waals surface area (Å²) in [4.78, 5) is 12.0. The van der Waals surface area contributed by atoms with Crippen molar-refractivity contribution < 1.29 is 18.3 Å². The minimum atomic E-state index is -0.745. The van der Waals surface area contributed by atoms with Crippen molar-refractivity contribution in [3.63, 3.8) is 0 Å². The minimum absolute atomic E-state index is 0. The van der Waals surface area contributed by atoms with E-state index in [0.29, 0.717) is 6.54 Å². The molecule has 0 saturated carbocycles. The Hall–Kier alpha value is -1.40. The average Bonchev–Trinajstić information content (AvgIpc) is 2.47. The Bertz CT molecular complexity index is 496. The molecule has 4 nitrogen and oxygen atoms in total. The Morgan fingerprint density at radius 2 is 2.27 bits per heavy atom. The summed E-state index contributed by atoms with van der Waals surface area (Å²) >= 11 is 0. The summed E-state index contributed by atoms with van der Waals surface area (Å²) in [5, 5.41) is 6.03. The molecule has 0 spiro atoms. The fourth-order valence-electron chi connectivity index (χ4n) is 2.29. The monoisotopic (exact) mass is 334 g/mol. The summed E-state index contributed by atoms with van der Waals surface area (Å²) in [6.07, 6.45) is 1.86. The Kier molecular flexibility index (Phi) is 7.55. The van der Waals surface area contributed by atoms with E-state index in [4.69, 9.17) is 4.74 Å². The molecule has 22 heavy (non-hydrogen) atoms. The van der Waals surface area contributed by atoms with Gasteiger partial charge in [0, 0.05) is 12.6 Å². The van der Waals surface area contributed by atoms with Gasteiger partial charge in [0.25, 0.3) is 0 Å². The summed E-state index contributed by atoms with van der Waals surface area (Å²) in [6.45, 7) is 3.56. The van der Waals surface area contributed by atoms with E-state index in [1.54, 1.807) is 6.92 Å². The second-order valence-electron chi connectivity index (χ2n) is 5.34. The van der Waals surface area contributed by atoms with Crippen LogP contribution in [0, 0.1) is 17.6 Å². The Morgan fingerprint density at radius 3 is 2.91 bits per heavy atom. The molecular weight excluding hydrogens is 314 g/mol. The predicted octanol–water partition coefficient (Wildman–Crippen LogP) is 2.27. The van der Waals surface area contributed by atoms with Crippen molar-refractivity contribution in [2.24, 2.45) is 5.92 Å². The van der Waals surface area contributed by atoms with Crippen molar-refractivity contribution >= 4 is 18.3 Å². The van der Waals surface area contributed by atoms with E-state index in [-0.39, 0.29) is 42.6 Å². The molecule has 2 unspecified atom stereocenters. The van der Waals surface area contributed by atoms with E-state index >= 15 is 0 Å². The molecule has 2 N–H and O–H groups in total. The first kappa shape index (κ1) is 18.6. The van der Waals surface area contributed by atoms with Gasteiger partial charge >= 0.3 is 0 Å². The van der Waals surface area contributed by atoms with Gasteiger partial charge in [0.05, 0.1) is 12.0 Å². The highest BCUT2D eigenvalue weighted by atomic mass is 35.5. The number of piperidine rings is 1. The predicted molar refractivity (Wildman–Crippen MR) is 82.3 cm³/mol. The lowest BCUT2D eigenvalue weighted by molar-refractivity contribution is -0.126. The molecule has 2 atom stereocenters. The molecule has 1 aliphatic heterocycles. The molecule has 2 rings (SSSR count). The molecule has 1 saturated heterocycles. The second kappa shape index (κ2) is 8.90. The maximum atomic E-state index is 13.4. The first-order chi connectivity index (χ1) is 10.1. The number of hydrogen-bond donors (Lipinski definition) is 2. The fourth-order valence-corrected chi connectivity index (χ4v) is 2.29. The van der Waals surface area contributed by atoms with Gasteiger partial charge in [0.2, 0.25) is 5.91 Å². The van der Waals surface area contributed by atoms with Crippen LogP contribution in [0.4, 0.5) is 8.78 Å². The van der Waals surface area contributed by atoms with Crippen molar-refractivity contribution in [3.8, 4) is 5.75 Å². The molecule has 0 aromatic heterocycles. The second-order valence-corrected chi connectivity index (χ2v) is 5.34. The largest absolute Gasteiger partial charge is 0.488 e. The van der Waals surface area contributed by atoms with Gasteiger partial charge in [-0.2, -0.15) is 0 Å². The lowest BCUT2D eigenvalue weighted by Crippen LogP contribution is -2.45. The van der Waals surface area contributed by atoms with E-state index < -0.39 is 11.6 Å². The molecule has 1 aromatic rings. The minimum Gasteiger partial charge on any atom is -0.488 e. The molecule has 1 aliphatic rings. The van der Waals surface area contributed by atoms with Crippen molar-refractivity contribution in [2.45, 2.75) is 25.8 Å². The van der Waals surface area contributed by atoms with Gasteiger partial charge in [-0.05, 0) is 38.4 Å². The number of rotatable bonds is 5. The molecule has 0 bridgehead atoms. The highest BCUT2D eigenvalue weighted by Crippen LogP contribution is 2.17. The average molecular weight is 335 g/mol. The van der Waals surface area contributed by atoms with E-state index in [2.05, 4.69) is 10.6 Å². The maximum Gasteiger partial charge on any atom is 0.224 e. The van der Waals surface area contributed by atoms with E-state index in [1.165, 1.54) is 6.07 Å². The summed E-state index contributed by atoms with van der Waals surface area (Å²) in [5.74, 6) is -1.45. The van der Waals surface area contributed by atoms with Gasteiger partial charge in [-0.3, -0.25) is 4.79 Å². The summed E-state index contributed by atoms with van der Waals surface area (Å²) in [7, 11) is 0. The smallest absolute Gasteiger partial charge is 0.224 e.